The van der Waals surface area contributed by atoms with E-state index in [0.29, 0.717) is 12.0 Å². The highest BCUT2D eigenvalue weighted by molar-refractivity contribution is 4.95. The van der Waals surface area contributed by atoms with Crippen LogP contribution in [0.4, 0.5) is 0 Å². The largest absolute Gasteiger partial charge is 0.299 e. The van der Waals surface area contributed by atoms with Gasteiger partial charge in [0.25, 0.3) is 0 Å². The number of piperidine rings is 1. The van der Waals surface area contributed by atoms with Gasteiger partial charge in [-0.1, -0.05) is 32.6 Å². The average molecular weight is 234 g/mol. The van der Waals surface area contributed by atoms with Crippen LogP contribution in [-0.4, -0.2) is 24.0 Å². The first-order valence-electron chi connectivity index (χ1n) is 7.48. The number of hydrogen-bond acceptors (Lipinski definition) is 2. The lowest BCUT2D eigenvalue weighted by molar-refractivity contribution is 0.0941. The average Bonchev–Trinajstić information content (AvgIpc) is 2.63. The van der Waals surface area contributed by atoms with Gasteiger partial charge in [-0.2, -0.15) is 5.26 Å². The Kier molecular flexibility index (Phi) is 4.86. The predicted molar refractivity (Wildman–Crippen MR) is 70.6 cm³/mol. The van der Waals surface area contributed by atoms with Crippen LogP contribution in [0, 0.1) is 23.2 Å². The van der Waals surface area contributed by atoms with Gasteiger partial charge in [0, 0.05) is 12.6 Å². The van der Waals surface area contributed by atoms with Crippen LogP contribution in [0.5, 0.6) is 0 Å². The minimum Gasteiger partial charge on any atom is -0.299 e. The van der Waals surface area contributed by atoms with Crippen molar-refractivity contribution < 1.29 is 0 Å². The molecule has 0 radical (unpaired) electrons. The van der Waals surface area contributed by atoms with Crippen LogP contribution < -0.4 is 0 Å². The summed E-state index contributed by atoms with van der Waals surface area (Å²) >= 11 is 0. The summed E-state index contributed by atoms with van der Waals surface area (Å²) in [5, 5.41) is 9.36. The number of nitrogens with zero attached hydrogens (tertiary/aromatic N) is 2. The van der Waals surface area contributed by atoms with Crippen molar-refractivity contribution in [2.45, 2.75) is 64.3 Å². The summed E-state index contributed by atoms with van der Waals surface area (Å²) in [6.45, 7) is 4.79. The highest BCUT2D eigenvalue weighted by Crippen LogP contribution is 2.30. The topological polar surface area (TPSA) is 27.0 Å². The summed E-state index contributed by atoms with van der Waals surface area (Å²) in [7, 11) is 0. The minimum absolute atomic E-state index is 0.299. The summed E-state index contributed by atoms with van der Waals surface area (Å²) in [6, 6.07) is 3.15. The van der Waals surface area contributed by atoms with Gasteiger partial charge in [0.05, 0.1) is 12.0 Å². The standard InChI is InChI=1S/C15H26N2/c1-2-13-7-6-10-17(12-13)15-9-5-3-4-8-14(15)11-16/h13-15H,2-10,12H2,1H3. The van der Waals surface area contributed by atoms with Crippen molar-refractivity contribution in [3.05, 3.63) is 0 Å². The van der Waals surface area contributed by atoms with E-state index in [1.165, 1.54) is 58.0 Å². The molecule has 1 saturated heterocycles. The molecule has 1 aliphatic heterocycles. The molecular formula is C15H26N2. The molecule has 96 valence electrons. The molecule has 0 aromatic carbocycles. The van der Waals surface area contributed by atoms with Gasteiger partial charge in [-0.15, -0.1) is 0 Å². The molecule has 3 atom stereocenters. The van der Waals surface area contributed by atoms with Crippen LogP contribution in [0.15, 0.2) is 0 Å². The number of hydrogen-bond donors (Lipinski definition) is 0. The van der Waals surface area contributed by atoms with Crippen LogP contribution in [0.2, 0.25) is 0 Å². The number of nitriles is 1. The highest BCUT2D eigenvalue weighted by Gasteiger charge is 2.31. The van der Waals surface area contributed by atoms with Crippen molar-refractivity contribution in [2.24, 2.45) is 11.8 Å². The molecule has 0 spiro atoms. The third kappa shape index (κ3) is 3.22. The number of rotatable bonds is 2. The molecule has 17 heavy (non-hydrogen) atoms. The first kappa shape index (κ1) is 12.9. The molecule has 1 heterocycles. The van der Waals surface area contributed by atoms with Crippen LogP contribution in [0.25, 0.3) is 0 Å². The fourth-order valence-electron chi connectivity index (χ4n) is 3.61. The van der Waals surface area contributed by atoms with Gasteiger partial charge in [-0.05, 0) is 38.1 Å². The summed E-state index contributed by atoms with van der Waals surface area (Å²) in [5.74, 6) is 1.18. The van der Waals surface area contributed by atoms with Gasteiger partial charge in [0.15, 0.2) is 0 Å². The number of likely N-dealkylation sites (tertiary alicyclic amines) is 1. The van der Waals surface area contributed by atoms with Gasteiger partial charge >= 0.3 is 0 Å². The summed E-state index contributed by atoms with van der Waals surface area (Å²) in [4.78, 5) is 2.65. The third-order valence-electron chi connectivity index (χ3n) is 4.74. The molecule has 2 heteroatoms. The van der Waals surface area contributed by atoms with Gasteiger partial charge < -0.3 is 0 Å². The Balaban J connectivity index is 2.00. The van der Waals surface area contributed by atoms with Crippen molar-refractivity contribution in [3.63, 3.8) is 0 Å². The summed E-state index contributed by atoms with van der Waals surface area (Å²) < 4.78 is 0. The summed E-state index contributed by atoms with van der Waals surface area (Å²) in [6.07, 6.45) is 10.4. The lowest BCUT2D eigenvalue weighted by Crippen LogP contribution is -2.45. The lowest BCUT2D eigenvalue weighted by atomic mass is 9.89. The molecule has 1 saturated carbocycles. The quantitative estimate of drug-likeness (QED) is 0.683. The lowest BCUT2D eigenvalue weighted by Gasteiger charge is -2.39. The van der Waals surface area contributed by atoms with Crippen LogP contribution in [0.1, 0.15) is 58.3 Å². The Morgan fingerprint density at radius 3 is 2.71 bits per heavy atom. The highest BCUT2D eigenvalue weighted by atomic mass is 15.2. The van der Waals surface area contributed by atoms with E-state index in [2.05, 4.69) is 17.9 Å². The predicted octanol–water partition coefficient (Wildman–Crippen LogP) is 3.58. The fourth-order valence-corrected chi connectivity index (χ4v) is 3.61. The molecule has 2 aliphatic rings. The van der Waals surface area contributed by atoms with E-state index in [1.807, 2.05) is 0 Å². The second-order valence-corrected chi connectivity index (χ2v) is 5.85. The molecule has 0 bridgehead atoms. The molecule has 2 rings (SSSR count). The SMILES string of the molecule is CCC1CCCN(C2CCCCCC2C#N)C1. The Hall–Kier alpha value is -0.550. The zero-order valence-corrected chi connectivity index (χ0v) is 11.2. The van der Waals surface area contributed by atoms with Crippen molar-refractivity contribution in [1.82, 2.24) is 4.90 Å². The fraction of sp³-hybridized carbons (Fsp3) is 0.933. The second-order valence-electron chi connectivity index (χ2n) is 5.85. The van der Waals surface area contributed by atoms with Gasteiger partial charge in [-0.3, -0.25) is 4.90 Å². The molecule has 0 amide bonds. The Labute approximate surface area is 106 Å². The van der Waals surface area contributed by atoms with Crippen molar-refractivity contribution >= 4 is 0 Å². The van der Waals surface area contributed by atoms with Gasteiger partial charge in [0.1, 0.15) is 0 Å². The van der Waals surface area contributed by atoms with Crippen LogP contribution >= 0.6 is 0 Å². The normalized spacial score (nSPS) is 36.1. The maximum atomic E-state index is 9.36. The van der Waals surface area contributed by atoms with E-state index >= 15 is 0 Å². The zero-order valence-electron chi connectivity index (χ0n) is 11.2. The van der Waals surface area contributed by atoms with E-state index in [-0.39, 0.29) is 0 Å². The van der Waals surface area contributed by atoms with Crippen LogP contribution in [0.3, 0.4) is 0 Å². The van der Waals surface area contributed by atoms with Crippen molar-refractivity contribution in [2.75, 3.05) is 13.1 Å². The van der Waals surface area contributed by atoms with Gasteiger partial charge in [0.2, 0.25) is 0 Å². The van der Waals surface area contributed by atoms with E-state index in [4.69, 9.17) is 0 Å². The zero-order chi connectivity index (χ0) is 12.1. The maximum absolute atomic E-state index is 9.36. The van der Waals surface area contributed by atoms with Gasteiger partial charge in [-0.25, -0.2) is 0 Å². The van der Waals surface area contributed by atoms with E-state index in [9.17, 15) is 5.26 Å². The van der Waals surface area contributed by atoms with E-state index in [1.54, 1.807) is 0 Å². The molecule has 0 aromatic heterocycles. The minimum atomic E-state index is 0.299. The third-order valence-corrected chi connectivity index (χ3v) is 4.74. The Morgan fingerprint density at radius 2 is 1.94 bits per heavy atom. The summed E-state index contributed by atoms with van der Waals surface area (Å²) in [5.41, 5.74) is 0. The molecule has 0 aromatic rings. The second kappa shape index (κ2) is 6.40. The first-order chi connectivity index (χ1) is 8.35. The van der Waals surface area contributed by atoms with E-state index in [0.717, 1.165) is 12.3 Å². The Morgan fingerprint density at radius 1 is 1.12 bits per heavy atom. The van der Waals surface area contributed by atoms with Crippen molar-refractivity contribution in [1.29, 1.82) is 5.26 Å². The van der Waals surface area contributed by atoms with Crippen LogP contribution in [-0.2, 0) is 0 Å². The molecule has 0 N–H and O–H groups in total. The molecule has 1 aliphatic carbocycles. The first-order valence-corrected chi connectivity index (χ1v) is 7.48. The smallest absolute Gasteiger partial charge is 0.0672 e. The maximum Gasteiger partial charge on any atom is 0.0672 e. The van der Waals surface area contributed by atoms with Crippen molar-refractivity contribution in [3.8, 4) is 6.07 Å². The molecule has 2 fully saturated rings. The molecule has 2 nitrogen and oxygen atoms in total. The molecular weight excluding hydrogens is 208 g/mol. The Bertz CT molecular complexity index is 269. The monoisotopic (exact) mass is 234 g/mol. The molecule has 3 unspecified atom stereocenters. The van der Waals surface area contributed by atoms with E-state index < -0.39 is 0 Å².